The molecule has 8 aromatic rings. The van der Waals surface area contributed by atoms with Crippen LogP contribution in [-0.2, 0) is 48.1 Å². The molecule has 5 nitrogen and oxygen atoms in total. The Balaban J connectivity index is 0.00000342. The average Bonchev–Trinajstić information content (AvgIpc) is 3.81. The van der Waals surface area contributed by atoms with Crippen LogP contribution in [0.3, 0.4) is 0 Å². The van der Waals surface area contributed by atoms with Crippen LogP contribution in [0, 0.1) is 26.2 Å². The van der Waals surface area contributed by atoms with Crippen molar-refractivity contribution < 1.29 is 25.8 Å². The van der Waals surface area contributed by atoms with Gasteiger partial charge in [-0.25, -0.2) is 4.98 Å². The molecule has 352 valence electrons. The normalized spacial score (nSPS) is 13.4. The molecule has 0 bridgehead atoms. The van der Waals surface area contributed by atoms with Gasteiger partial charge in [0.1, 0.15) is 5.82 Å². The van der Waals surface area contributed by atoms with E-state index in [1.54, 1.807) is 0 Å². The van der Waals surface area contributed by atoms with Crippen molar-refractivity contribution in [1.82, 2.24) is 9.55 Å². The number of nitrogens with zero attached hydrogens (tertiary/aromatic N) is 4. The third-order valence-electron chi connectivity index (χ3n) is 13.5. The second kappa shape index (κ2) is 18.0. The first kappa shape index (κ1) is 50.2. The second-order valence-electron chi connectivity index (χ2n) is 22.9. The maximum absolute atomic E-state index is 6.77. The number of aromatic nitrogens is 2. The van der Waals surface area contributed by atoms with E-state index in [1.807, 2.05) is 18.3 Å². The third kappa shape index (κ3) is 9.53. The zero-order valence-electron chi connectivity index (χ0n) is 42.8. The summed E-state index contributed by atoms with van der Waals surface area (Å²) in [7, 11) is 0. The van der Waals surface area contributed by atoms with E-state index in [4.69, 9.17) is 9.72 Å². The molecule has 68 heavy (non-hydrogen) atoms. The van der Waals surface area contributed by atoms with Crippen molar-refractivity contribution in [3.05, 3.63) is 193 Å². The second-order valence-corrected chi connectivity index (χ2v) is 22.9. The quantitative estimate of drug-likeness (QED) is 0.149. The largest absolute Gasteiger partial charge is 4.00 e. The van der Waals surface area contributed by atoms with Gasteiger partial charge in [-0.05, 0) is 103 Å². The van der Waals surface area contributed by atoms with Gasteiger partial charge in [0.05, 0.1) is 0 Å². The monoisotopic (exact) mass is 1080 g/mol. The Bertz CT molecular complexity index is 3080. The van der Waals surface area contributed by atoms with Gasteiger partial charge in [0.25, 0.3) is 0 Å². The number of hydrogen-bond acceptors (Lipinski definition) is 4. The molecule has 0 aliphatic carbocycles. The Hall–Kier alpha value is -5.64. The fourth-order valence-electron chi connectivity index (χ4n) is 9.03. The number of benzene rings is 6. The summed E-state index contributed by atoms with van der Waals surface area (Å²) in [4.78, 5) is 9.54. The molecule has 0 fully saturated rings. The maximum Gasteiger partial charge on any atom is 4.00 e. The van der Waals surface area contributed by atoms with Crippen LogP contribution in [0.25, 0.3) is 27.6 Å². The van der Waals surface area contributed by atoms with Crippen LogP contribution in [0.15, 0.2) is 134 Å². The van der Waals surface area contributed by atoms with Crippen LogP contribution in [-0.4, -0.2) is 9.55 Å². The predicted molar refractivity (Wildman–Crippen MR) is 284 cm³/mol. The molecule has 2 aromatic heterocycles. The standard InChI is InChI=1S/C61H65N4O.CH3.Pt/c1-57(2,3)41-23-27-52-51(34-41)50-26-25-49(38-54(50)65(52)56-36-42(29-30-62-56)58(4,5)6)66-48-22-18-21-46(37-48)63-39-64(47-32-44(59(7,8)9)31-45(33-47)60(10,11)12)53-28-24-43(35-55(53)63)61(13,14)40-19-16-15-17-20-40;;/h15-36,39H,1-14H3;1H3;/q-3;-1;+4. The van der Waals surface area contributed by atoms with E-state index in [9.17, 15) is 0 Å². The molecular formula is C62H68N4OPt. The van der Waals surface area contributed by atoms with Gasteiger partial charge in [0.2, 0.25) is 0 Å². The van der Waals surface area contributed by atoms with Crippen LogP contribution in [0.4, 0.5) is 22.7 Å². The first-order valence-corrected chi connectivity index (χ1v) is 23.4. The van der Waals surface area contributed by atoms with Crippen LogP contribution >= 0.6 is 0 Å². The maximum atomic E-state index is 6.77. The first-order valence-electron chi connectivity index (χ1n) is 23.4. The van der Waals surface area contributed by atoms with Crippen molar-refractivity contribution in [2.24, 2.45) is 0 Å². The fourth-order valence-corrected chi connectivity index (χ4v) is 9.03. The van der Waals surface area contributed by atoms with E-state index < -0.39 is 0 Å². The molecule has 0 radical (unpaired) electrons. The van der Waals surface area contributed by atoms with Gasteiger partial charge in [0, 0.05) is 45.7 Å². The number of pyridine rings is 1. The summed E-state index contributed by atoms with van der Waals surface area (Å²) in [5, 5.41) is 2.27. The molecule has 0 saturated carbocycles. The Morgan fingerprint density at radius 1 is 0.485 bits per heavy atom. The van der Waals surface area contributed by atoms with Crippen LogP contribution in [0.2, 0.25) is 0 Å². The SMILES string of the molecule is CC(C)(C)c1cc(N2[CH-]N(c3[c-]c(Oc4[c-]c5c(cc4)c4cc(C(C)(C)C)ccc4n5-c4cc(C(C)(C)C)ccn4)ccc3)c3cc(C(C)(C)c4ccccc4)ccc32)cc(C(C)(C)C)c1.[CH3-].[Pt+4]. The van der Waals surface area contributed by atoms with Gasteiger partial charge >= 0.3 is 21.1 Å². The molecule has 0 N–H and O–H groups in total. The van der Waals surface area contributed by atoms with Gasteiger partial charge in [0.15, 0.2) is 0 Å². The Morgan fingerprint density at radius 2 is 1.10 bits per heavy atom. The molecule has 1 aliphatic heterocycles. The number of hydrogen-bond donors (Lipinski definition) is 0. The fraction of sp³-hybridized carbons (Fsp3) is 0.306. The molecular weight excluding hydrogens is 1010 g/mol. The van der Waals surface area contributed by atoms with Crippen LogP contribution in [0.5, 0.6) is 11.5 Å². The number of anilines is 4. The Labute approximate surface area is 421 Å². The van der Waals surface area contributed by atoms with Gasteiger partial charge in [-0.1, -0.05) is 157 Å². The number of fused-ring (bicyclic) bond motifs is 4. The molecule has 1 aliphatic rings. The molecule has 3 heterocycles. The summed E-state index contributed by atoms with van der Waals surface area (Å²) >= 11 is 0. The van der Waals surface area contributed by atoms with Gasteiger partial charge in [-0.2, -0.15) is 12.1 Å². The minimum absolute atomic E-state index is 0. The van der Waals surface area contributed by atoms with E-state index in [0.29, 0.717) is 11.5 Å². The summed E-state index contributed by atoms with van der Waals surface area (Å²) in [5.41, 5.74) is 13.5. The van der Waals surface area contributed by atoms with Gasteiger partial charge in [-0.3, -0.25) is 0 Å². The molecule has 0 saturated heterocycles. The van der Waals surface area contributed by atoms with Crippen molar-refractivity contribution in [3.63, 3.8) is 0 Å². The average molecular weight is 1080 g/mol. The van der Waals surface area contributed by atoms with E-state index >= 15 is 0 Å². The van der Waals surface area contributed by atoms with Crippen LogP contribution < -0.4 is 14.5 Å². The molecule has 0 unspecified atom stereocenters. The number of ether oxygens (including phenoxy) is 1. The van der Waals surface area contributed by atoms with Crippen molar-refractivity contribution in [1.29, 1.82) is 0 Å². The van der Waals surface area contributed by atoms with E-state index in [1.165, 1.54) is 38.8 Å². The summed E-state index contributed by atoms with van der Waals surface area (Å²) < 4.78 is 9.01. The van der Waals surface area contributed by atoms with Crippen molar-refractivity contribution in [2.45, 2.75) is 124 Å². The Morgan fingerprint density at radius 3 is 1.75 bits per heavy atom. The molecule has 0 amide bonds. The molecule has 9 rings (SSSR count). The minimum Gasteiger partial charge on any atom is -0.509 e. The van der Waals surface area contributed by atoms with Gasteiger partial charge in [-0.15, -0.1) is 48.1 Å². The zero-order chi connectivity index (χ0) is 47.1. The molecule has 0 atom stereocenters. The summed E-state index contributed by atoms with van der Waals surface area (Å²) in [6, 6.07) is 53.7. The van der Waals surface area contributed by atoms with Gasteiger partial charge < -0.3 is 26.5 Å². The third-order valence-corrected chi connectivity index (χ3v) is 13.5. The summed E-state index contributed by atoms with van der Waals surface area (Å²) in [6.45, 7) is 34.1. The van der Waals surface area contributed by atoms with E-state index in [2.05, 4.69) is 245 Å². The molecule has 6 heteroatoms. The zero-order valence-corrected chi connectivity index (χ0v) is 45.1. The summed E-state index contributed by atoms with van der Waals surface area (Å²) in [5.74, 6) is 2.07. The molecule has 6 aromatic carbocycles. The molecule has 0 spiro atoms. The minimum atomic E-state index is -0.232. The smallest absolute Gasteiger partial charge is 0.509 e. The van der Waals surface area contributed by atoms with Crippen molar-refractivity contribution >= 4 is 44.6 Å². The van der Waals surface area contributed by atoms with Crippen LogP contribution in [0.1, 0.15) is 130 Å². The Kier molecular flexibility index (Phi) is 13.3. The first-order chi connectivity index (χ1) is 31.0. The topological polar surface area (TPSA) is 33.5 Å². The van der Waals surface area contributed by atoms with Crippen molar-refractivity contribution in [2.75, 3.05) is 9.80 Å². The van der Waals surface area contributed by atoms with E-state index in [0.717, 1.165) is 45.0 Å². The number of rotatable bonds is 7. The van der Waals surface area contributed by atoms with E-state index in [-0.39, 0.29) is 55.6 Å². The van der Waals surface area contributed by atoms with Crippen molar-refractivity contribution in [3.8, 4) is 17.3 Å². The predicted octanol–water partition coefficient (Wildman–Crippen LogP) is 16.9. The summed E-state index contributed by atoms with van der Waals surface area (Å²) in [6.07, 6.45) is 1.92.